The second-order valence-electron chi connectivity index (χ2n) is 4.82. The number of rotatable bonds is 6. The highest BCUT2D eigenvalue weighted by Crippen LogP contribution is 2.18. The number of nitrogens with zero attached hydrogens (tertiary/aromatic N) is 2. The molecule has 2 rings (SSSR count). The number of para-hydroxylation sites is 1. The van der Waals surface area contributed by atoms with Crippen molar-refractivity contribution in [3.05, 3.63) is 69.8 Å². The number of hydrogen-bond acceptors (Lipinski definition) is 5. The van der Waals surface area contributed by atoms with E-state index in [0.29, 0.717) is 11.1 Å². The molecule has 2 aromatic carbocycles. The molecule has 0 saturated heterocycles. The fourth-order valence-electron chi connectivity index (χ4n) is 1.86. The predicted octanol–water partition coefficient (Wildman–Crippen LogP) is 2.47. The molecule has 23 heavy (non-hydrogen) atoms. The number of hydrogen-bond donors (Lipinski definition) is 2. The van der Waals surface area contributed by atoms with Gasteiger partial charge in [0.05, 0.1) is 17.7 Å². The Balaban J connectivity index is 1.87. The van der Waals surface area contributed by atoms with Crippen molar-refractivity contribution in [3.63, 3.8) is 0 Å². The van der Waals surface area contributed by atoms with E-state index in [1.807, 2.05) is 30.3 Å². The van der Waals surface area contributed by atoms with Gasteiger partial charge in [-0.15, -0.1) is 0 Å². The Morgan fingerprint density at radius 1 is 1.26 bits per heavy atom. The average Bonchev–Trinajstić information content (AvgIpc) is 2.55. The summed E-state index contributed by atoms with van der Waals surface area (Å²) in [6.45, 7) is 1.74. The van der Waals surface area contributed by atoms with Gasteiger partial charge >= 0.3 is 0 Å². The SMILES string of the molecule is Cc1ccc(/C=N\NC(=O)CNc2ccccc2)cc1[N+](=O)[O-]. The van der Waals surface area contributed by atoms with E-state index in [4.69, 9.17) is 0 Å². The number of carbonyl (C=O) groups is 1. The lowest BCUT2D eigenvalue weighted by atomic mass is 10.1. The van der Waals surface area contributed by atoms with E-state index in [0.717, 1.165) is 5.69 Å². The lowest BCUT2D eigenvalue weighted by Gasteiger charge is -2.04. The zero-order valence-corrected chi connectivity index (χ0v) is 12.5. The number of nitrogens with one attached hydrogen (secondary N) is 2. The molecule has 7 nitrogen and oxygen atoms in total. The highest BCUT2D eigenvalue weighted by Gasteiger charge is 2.09. The third-order valence-electron chi connectivity index (χ3n) is 3.06. The van der Waals surface area contributed by atoms with Crippen LogP contribution in [-0.2, 0) is 4.79 Å². The first-order valence-corrected chi connectivity index (χ1v) is 6.92. The molecule has 0 unspecified atom stereocenters. The van der Waals surface area contributed by atoms with Crippen LogP contribution in [0.5, 0.6) is 0 Å². The predicted molar refractivity (Wildman–Crippen MR) is 88.5 cm³/mol. The third-order valence-corrected chi connectivity index (χ3v) is 3.06. The number of carbonyl (C=O) groups excluding carboxylic acids is 1. The highest BCUT2D eigenvalue weighted by molar-refractivity contribution is 5.84. The quantitative estimate of drug-likeness (QED) is 0.486. The van der Waals surface area contributed by atoms with Gasteiger partial charge < -0.3 is 5.32 Å². The van der Waals surface area contributed by atoms with E-state index >= 15 is 0 Å². The Kier molecular flexibility index (Phi) is 5.40. The van der Waals surface area contributed by atoms with Crippen LogP contribution < -0.4 is 10.7 Å². The summed E-state index contributed by atoms with van der Waals surface area (Å²) in [5, 5.41) is 17.6. The Bertz CT molecular complexity index is 729. The summed E-state index contributed by atoms with van der Waals surface area (Å²) in [6, 6.07) is 14.1. The van der Waals surface area contributed by atoms with Crippen molar-refractivity contribution in [1.82, 2.24) is 5.43 Å². The molecule has 1 amide bonds. The van der Waals surface area contributed by atoms with Gasteiger partial charge in [-0.2, -0.15) is 5.10 Å². The summed E-state index contributed by atoms with van der Waals surface area (Å²) in [4.78, 5) is 22.0. The first kappa shape index (κ1) is 16.2. The standard InChI is InChI=1S/C16H16N4O3/c1-12-7-8-13(9-15(12)20(22)23)10-18-19-16(21)11-17-14-5-3-2-4-6-14/h2-10,17H,11H2,1H3,(H,19,21)/b18-10-. The molecule has 0 aliphatic heterocycles. The van der Waals surface area contributed by atoms with Gasteiger partial charge in [0.2, 0.25) is 0 Å². The van der Waals surface area contributed by atoms with E-state index in [2.05, 4.69) is 15.8 Å². The molecule has 0 bridgehead atoms. The number of aryl methyl sites for hydroxylation is 1. The van der Waals surface area contributed by atoms with Crippen LogP contribution in [-0.4, -0.2) is 23.6 Å². The number of anilines is 1. The van der Waals surface area contributed by atoms with Crippen molar-refractivity contribution in [2.45, 2.75) is 6.92 Å². The summed E-state index contributed by atoms with van der Waals surface area (Å²) < 4.78 is 0. The van der Waals surface area contributed by atoms with Crippen molar-refractivity contribution in [1.29, 1.82) is 0 Å². The molecule has 0 atom stereocenters. The van der Waals surface area contributed by atoms with Crippen molar-refractivity contribution in [3.8, 4) is 0 Å². The second kappa shape index (κ2) is 7.69. The number of nitro groups is 1. The van der Waals surface area contributed by atoms with E-state index in [1.165, 1.54) is 12.3 Å². The summed E-state index contributed by atoms with van der Waals surface area (Å²) in [6.07, 6.45) is 1.37. The molecule has 118 valence electrons. The maximum atomic E-state index is 11.6. The molecule has 0 fully saturated rings. The molecule has 2 N–H and O–H groups in total. The zero-order chi connectivity index (χ0) is 16.7. The maximum Gasteiger partial charge on any atom is 0.272 e. The number of nitro benzene ring substituents is 1. The molecule has 2 aromatic rings. The monoisotopic (exact) mass is 312 g/mol. The highest BCUT2D eigenvalue weighted by atomic mass is 16.6. The van der Waals surface area contributed by atoms with Crippen LogP contribution in [0, 0.1) is 17.0 Å². The van der Waals surface area contributed by atoms with Gasteiger partial charge in [-0.25, -0.2) is 5.43 Å². The fraction of sp³-hybridized carbons (Fsp3) is 0.125. The van der Waals surface area contributed by atoms with Gasteiger partial charge in [0.1, 0.15) is 0 Å². The van der Waals surface area contributed by atoms with Crippen LogP contribution >= 0.6 is 0 Å². The molecule has 0 radical (unpaired) electrons. The van der Waals surface area contributed by atoms with Crippen LogP contribution in [0.4, 0.5) is 11.4 Å². The molecule has 0 saturated carbocycles. The molecule has 0 aliphatic rings. The van der Waals surface area contributed by atoms with Crippen LogP contribution in [0.3, 0.4) is 0 Å². The van der Waals surface area contributed by atoms with Gasteiger partial charge in [-0.3, -0.25) is 14.9 Å². The van der Waals surface area contributed by atoms with Crippen LogP contribution in [0.1, 0.15) is 11.1 Å². The lowest BCUT2D eigenvalue weighted by molar-refractivity contribution is -0.385. The van der Waals surface area contributed by atoms with Crippen LogP contribution in [0.25, 0.3) is 0 Å². The molecule has 7 heteroatoms. The first-order chi connectivity index (χ1) is 11.1. The third kappa shape index (κ3) is 4.92. The minimum absolute atomic E-state index is 0.0195. The number of amides is 1. The van der Waals surface area contributed by atoms with E-state index in [1.54, 1.807) is 19.1 Å². The van der Waals surface area contributed by atoms with E-state index in [9.17, 15) is 14.9 Å². The Labute approximate surface area is 133 Å². The Morgan fingerprint density at radius 3 is 2.70 bits per heavy atom. The number of hydrazone groups is 1. The van der Waals surface area contributed by atoms with Crippen LogP contribution in [0.2, 0.25) is 0 Å². The van der Waals surface area contributed by atoms with Gasteiger partial charge in [-0.1, -0.05) is 30.3 Å². The smallest absolute Gasteiger partial charge is 0.272 e. The van der Waals surface area contributed by atoms with Gasteiger partial charge in [0, 0.05) is 22.9 Å². The number of benzene rings is 2. The summed E-state index contributed by atoms with van der Waals surface area (Å²) >= 11 is 0. The van der Waals surface area contributed by atoms with Crippen molar-refractivity contribution in [2.75, 3.05) is 11.9 Å². The second-order valence-corrected chi connectivity index (χ2v) is 4.82. The Morgan fingerprint density at radius 2 is 2.00 bits per heavy atom. The Hall–Kier alpha value is -3.22. The minimum atomic E-state index is -0.449. The van der Waals surface area contributed by atoms with E-state index < -0.39 is 4.92 Å². The largest absolute Gasteiger partial charge is 0.376 e. The topological polar surface area (TPSA) is 96.6 Å². The lowest BCUT2D eigenvalue weighted by Crippen LogP contribution is -2.25. The first-order valence-electron chi connectivity index (χ1n) is 6.92. The van der Waals surface area contributed by atoms with Crippen molar-refractivity contribution in [2.24, 2.45) is 5.10 Å². The molecular formula is C16H16N4O3. The summed E-state index contributed by atoms with van der Waals surface area (Å²) in [5.41, 5.74) is 4.33. The van der Waals surface area contributed by atoms with Gasteiger partial charge in [0.15, 0.2) is 0 Å². The summed E-state index contributed by atoms with van der Waals surface area (Å²) in [5.74, 6) is -0.313. The van der Waals surface area contributed by atoms with Crippen LogP contribution in [0.15, 0.2) is 53.6 Å². The molecule has 0 spiro atoms. The van der Waals surface area contributed by atoms with Gasteiger partial charge in [0.25, 0.3) is 11.6 Å². The van der Waals surface area contributed by atoms with Gasteiger partial charge in [-0.05, 0) is 19.1 Å². The maximum absolute atomic E-state index is 11.6. The minimum Gasteiger partial charge on any atom is -0.376 e. The zero-order valence-electron chi connectivity index (χ0n) is 12.5. The molecule has 0 heterocycles. The van der Waals surface area contributed by atoms with E-state index in [-0.39, 0.29) is 18.1 Å². The summed E-state index contributed by atoms with van der Waals surface area (Å²) in [7, 11) is 0. The normalized spacial score (nSPS) is 10.5. The fourth-order valence-corrected chi connectivity index (χ4v) is 1.86. The molecule has 0 aromatic heterocycles. The van der Waals surface area contributed by atoms with Crippen molar-refractivity contribution < 1.29 is 9.72 Å². The molecular weight excluding hydrogens is 296 g/mol. The molecule has 0 aliphatic carbocycles. The average molecular weight is 312 g/mol. The van der Waals surface area contributed by atoms with Crippen molar-refractivity contribution >= 4 is 23.5 Å².